The smallest absolute Gasteiger partial charge is 0.219 e. The Kier molecular flexibility index (Phi) is 4.92. The summed E-state index contributed by atoms with van der Waals surface area (Å²) in [4.78, 5) is 12.9. The molecule has 2 nitrogen and oxygen atoms in total. The molecule has 0 aromatic carbocycles. The third-order valence-electron chi connectivity index (χ3n) is 1.52. The van der Waals surface area contributed by atoms with Crippen molar-refractivity contribution in [3.8, 4) is 0 Å². The minimum Gasteiger partial charge on any atom is -0.343 e. The molecule has 66 valence electrons. The van der Waals surface area contributed by atoms with Gasteiger partial charge in [-0.1, -0.05) is 20.8 Å². The summed E-state index contributed by atoms with van der Waals surface area (Å²) in [6.07, 6.45) is 1.05. The summed E-state index contributed by atoms with van der Waals surface area (Å²) in [5.41, 5.74) is 0. The fraction of sp³-hybridized carbons (Fsp3) is 0.889. The normalized spacial score (nSPS) is 10.3. The van der Waals surface area contributed by atoms with Crippen LogP contribution in [0.2, 0.25) is 0 Å². The van der Waals surface area contributed by atoms with Crippen molar-refractivity contribution in [3.05, 3.63) is 0 Å². The molecule has 0 spiro atoms. The van der Waals surface area contributed by atoms with Gasteiger partial charge in [-0.25, -0.2) is 0 Å². The van der Waals surface area contributed by atoms with Crippen LogP contribution in [0.5, 0.6) is 0 Å². The van der Waals surface area contributed by atoms with Crippen molar-refractivity contribution in [2.45, 2.75) is 34.1 Å². The Morgan fingerprint density at radius 3 is 2.27 bits per heavy atom. The van der Waals surface area contributed by atoms with Crippen molar-refractivity contribution in [1.29, 1.82) is 0 Å². The summed E-state index contributed by atoms with van der Waals surface area (Å²) < 4.78 is 0. The standard InChI is InChI=1S/C9H19NO/c1-5-6-10(9(4)11)7-8(2)3/h8H,5-7H2,1-4H3. The molecular weight excluding hydrogens is 138 g/mol. The van der Waals surface area contributed by atoms with E-state index in [1.807, 2.05) is 4.90 Å². The first-order valence-corrected chi connectivity index (χ1v) is 4.33. The molecule has 0 aliphatic carbocycles. The first-order valence-electron chi connectivity index (χ1n) is 4.33. The number of amides is 1. The van der Waals surface area contributed by atoms with Crippen LogP contribution >= 0.6 is 0 Å². The van der Waals surface area contributed by atoms with E-state index >= 15 is 0 Å². The molecule has 0 rings (SSSR count). The second-order valence-electron chi connectivity index (χ2n) is 3.36. The molecule has 0 bridgehead atoms. The number of carbonyl (C=O) groups is 1. The molecule has 0 aliphatic heterocycles. The molecule has 0 aliphatic rings. The molecule has 0 saturated heterocycles. The molecular formula is C9H19NO. The molecule has 0 saturated carbocycles. The van der Waals surface area contributed by atoms with E-state index in [0.717, 1.165) is 19.5 Å². The lowest BCUT2D eigenvalue weighted by Gasteiger charge is -2.22. The maximum atomic E-state index is 11.0. The molecule has 11 heavy (non-hydrogen) atoms. The van der Waals surface area contributed by atoms with E-state index < -0.39 is 0 Å². The summed E-state index contributed by atoms with van der Waals surface area (Å²) >= 11 is 0. The Labute approximate surface area is 69.6 Å². The SMILES string of the molecule is CCCN(CC(C)C)C(C)=O. The summed E-state index contributed by atoms with van der Waals surface area (Å²) in [5.74, 6) is 0.769. The molecule has 0 N–H and O–H groups in total. The van der Waals surface area contributed by atoms with Gasteiger partial charge in [-0.3, -0.25) is 4.79 Å². The fourth-order valence-corrected chi connectivity index (χ4v) is 1.09. The van der Waals surface area contributed by atoms with E-state index in [-0.39, 0.29) is 5.91 Å². The van der Waals surface area contributed by atoms with Crippen molar-refractivity contribution in [2.24, 2.45) is 5.92 Å². The van der Waals surface area contributed by atoms with Gasteiger partial charge in [-0.15, -0.1) is 0 Å². The lowest BCUT2D eigenvalue weighted by molar-refractivity contribution is -0.129. The van der Waals surface area contributed by atoms with Gasteiger partial charge in [-0.2, -0.15) is 0 Å². The third kappa shape index (κ3) is 4.82. The monoisotopic (exact) mass is 157 g/mol. The van der Waals surface area contributed by atoms with Crippen molar-refractivity contribution in [3.63, 3.8) is 0 Å². The summed E-state index contributed by atoms with van der Waals surface area (Å²) in [6.45, 7) is 9.78. The highest BCUT2D eigenvalue weighted by Crippen LogP contribution is 1.99. The topological polar surface area (TPSA) is 20.3 Å². The van der Waals surface area contributed by atoms with Gasteiger partial charge >= 0.3 is 0 Å². The quantitative estimate of drug-likeness (QED) is 0.610. The van der Waals surface area contributed by atoms with Gasteiger partial charge in [-0.05, 0) is 12.3 Å². The average molecular weight is 157 g/mol. The molecule has 0 aromatic heterocycles. The van der Waals surface area contributed by atoms with Crippen LogP contribution in [0.1, 0.15) is 34.1 Å². The minimum atomic E-state index is 0.195. The molecule has 0 atom stereocenters. The number of carbonyl (C=O) groups excluding carboxylic acids is 1. The fourth-order valence-electron chi connectivity index (χ4n) is 1.09. The van der Waals surface area contributed by atoms with Crippen LogP contribution in [0.25, 0.3) is 0 Å². The highest BCUT2D eigenvalue weighted by atomic mass is 16.2. The molecule has 0 radical (unpaired) electrons. The van der Waals surface area contributed by atoms with Gasteiger partial charge < -0.3 is 4.90 Å². The first kappa shape index (κ1) is 10.5. The second kappa shape index (κ2) is 5.16. The Morgan fingerprint density at radius 2 is 2.00 bits per heavy atom. The van der Waals surface area contributed by atoms with Gasteiger partial charge in [0, 0.05) is 20.0 Å². The van der Waals surface area contributed by atoms with Crippen LogP contribution < -0.4 is 0 Å². The molecule has 0 fully saturated rings. The lowest BCUT2D eigenvalue weighted by atomic mass is 10.2. The van der Waals surface area contributed by atoms with Crippen LogP contribution in [0.4, 0.5) is 0 Å². The average Bonchev–Trinajstić information content (AvgIpc) is 1.86. The maximum Gasteiger partial charge on any atom is 0.219 e. The molecule has 1 amide bonds. The van der Waals surface area contributed by atoms with E-state index in [0.29, 0.717) is 5.92 Å². The number of rotatable bonds is 4. The first-order chi connectivity index (χ1) is 5.07. The largest absolute Gasteiger partial charge is 0.343 e. The van der Waals surface area contributed by atoms with Crippen molar-refractivity contribution < 1.29 is 4.79 Å². The van der Waals surface area contributed by atoms with Crippen LogP contribution in [-0.4, -0.2) is 23.9 Å². The number of nitrogens with zero attached hydrogens (tertiary/aromatic N) is 1. The highest BCUT2D eigenvalue weighted by Gasteiger charge is 2.07. The Balaban J connectivity index is 3.79. The van der Waals surface area contributed by atoms with Crippen LogP contribution in [0, 0.1) is 5.92 Å². The summed E-state index contributed by atoms with van der Waals surface area (Å²) in [6, 6.07) is 0. The van der Waals surface area contributed by atoms with E-state index in [9.17, 15) is 4.79 Å². The predicted molar refractivity (Wildman–Crippen MR) is 47.4 cm³/mol. The zero-order valence-electron chi connectivity index (χ0n) is 8.05. The Morgan fingerprint density at radius 1 is 1.45 bits per heavy atom. The molecule has 2 heteroatoms. The predicted octanol–water partition coefficient (Wildman–Crippen LogP) is 1.90. The number of hydrogen-bond acceptors (Lipinski definition) is 1. The Hall–Kier alpha value is -0.530. The van der Waals surface area contributed by atoms with Gasteiger partial charge in [0.05, 0.1) is 0 Å². The summed E-state index contributed by atoms with van der Waals surface area (Å²) in [5, 5.41) is 0. The lowest BCUT2D eigenvalue weighted by Crippen LogP contribution is -2.32. The Bertz CT molecular complexity index is 121. The molecule has 0 aromatic rings. The highest BCUT2D eigenvalue weighted by molar-refractivity contribution is 5.73. The zero-order valence-corrected chi connectivity index (χ0v) is 8.05. The number of hydrogen-bond donors (Lipinski definition) is 0. The third-order valence-corrected chi connectivity index (χ3v) is 1.52. The van der Waals surface area contributed by atoms with E-state index in [2.05, 4.69) is 20.8 Å². The van der Waals surface area contributed by atoms with Crippen molar-refractivity contribution >= 4 is 5.91 Å². The van der Waals surface area contributed by atoms with Crippen molar-refractivity contribution in [1.82, 2.24) is 4.90 Å². The van der Waals surface area contributed by atoms with Crippen LogP contribution in [0.3, 0.4) is 0 Å². The van der Waals surface area contributed by atoms with E-state index in [1.165, 1.54) is 0 Å². The minimum absolute atomic E-state index is 0.195. The van der Waals surface area contributed by atoms with E-state index in [1.54, 1.807) is 6.92 Å². The van der Waals surface area contributed by atoms with Gasteiger partial charge in [0.25, 0.3) is 0 Å². The maximum absolute atomic E-state index is 11.0. The second-order valence-corrected chi connectivity index (χ2v) is 3.36. The van der Waals surface area contributed by atoms with Gasteiger partial charge in [0.1, 0.15) is 0 Å². The van der Waals surface area contributed by atoms with Crippen LogP contribution in [0.15, 0.2) is 0 Å². The molecule has 0 unspecified atom stereocenters. The molecule has 0 heterocycles. The summed E-state index contributed by atoms with van der Waals surface area (Å²) in [7, 11) is 0. The zero-order chi connectivity index (χ0) is 8.85. The van der Waals surface area contributed by atoms with E-state index in [4.69, 9.17) is 0 Å². The van der Waals surface area contributed by atoms with Gasteiger partial charge in [0.15, 0.2) is 0 Å². The van der Waals surface area contributed by atoms with Crippen molar-refractivity contribution in [2.75, 3.05) is 13.1 Å². The van der Waals surface area contributed by atoms with Gasteiger partial charge in [0.2, 0.25) is 5.91 Å². The van der Waals surface area contributed by atoms with Crippen LogP contribution in [-0.2, 0) is 4.79 Å².